The third-order valence-electron chi connectivity index (χ3n) is 4.56. The van der Waals surface area contributed by atoms with E-state index >= 15 is 0 Å². The number of halogens is 3. The minimum Gasteiger partial charge on any atom is -0.381 e. The molecule has 0 aliphatic heterocycles. The monoisotopic (exact) mass is 319 g/mol. The number of para-hydroxylation sites is 1. The molecule has 7 heteroatoms. The number of fused-ring (bicyclic) bond motifs is 2. The molecule has 2 fully saturated rings. The first kappa shape index (κ1) is 14.7. The maximum atomic E-state index is 12.7. The molecular weight excluding hydrogens is 303 g/mol. The summed E-state index contributed by atoms with van der Waals surface area (Å²) < 4.78 is 61.5. The summed E-state index contributed by atoms with van der Waals surface area (Å²) >= 11 is 0. The molecule has 2 saturated carbocycles. The Morgan fingerprint density at radius 1 is 1.10 bits per heavy atom. The predicted octanol–water partition coefficient (Wildman–Crippen LogP) is 3.58. The summed E-state index contributed by atoms with van der Waals surface area (Å²) in [5.74, 6) is 1.07. The van der Waals surface area contributed by atoms with E-state index < -0.39 is 20.2 Å². The van der Waals surface area contributed by atoms with E-state index in [9.17, 15) is 21.6 Å². The number of benzene rings is 1. The van der Waals surface area contributed by atoms with Gasteiger partial charge in [-0.3, -0.25) is 0 Å². The van der Waals surface area contributed by atoms with Crippen LogP contribution in [0.4, 0.5) is 18.9 Å². The lowest BCUT2D eigenvalue weighted by Gasteiger charge is -2.25. The van der Waals surface area contributed by atoms with Crippen molar-refractivity contribution in [3.8, 4) is 0 Å². The van der Waals surface area contributed by atoms with Crippen LogP contribution in [0.15, 0.2) is 29.2 Å². The molecule has 3 rings (SSSR count). The highest BCUT2D eigenvalue weighted by molar-refractivity contribution is 7.92. The molecule has 1 N–H and O–H groups in total. The molecule has 0 heterocycles. The number of nitrogens with one attached hydrogen (secondary N) is 1. The highest BCUT2D eigenvalue weighted by atomic mass is 32.2. The minimum atomic E-state index is -5.32. The smallest absolute Gasteiger partial charge is 0.381 e. The van der Waals surface area contributed by atoms with Crippen LogP contribution < -0.4 is 5.32 Å². The van der Waals surface area contributed by atoms with Crippen LogP contribution in [-0.2, 0) is 9.84 Å². The van der Waals surface area contributed by atoms with Crippen LogP contribution in [0, 0.1) is 11.8 Å². The normalized spacial score (nSPS) is 28.8. The molecule has 2 bridgehead atoms. The van der Waals surface area contributed by atoms with Crippen molar-refractivity contribution in [1.29, 1.82) is 0 Å². The van der Waals surface area contributed by atoms with Gasteiger partial charge in [0, 0.05) is 6.04 Å². The van der Waals surface area contributed by atoms with Gasteiger partial charge in [-0.05, 0) is 43.2 Å². The van der Waals surface area contributed by atoms with Crippen LogP contribution in [0.2, 0.25) is 0 Å². The molecule has 0 spiro atoms. The summed E-state index contributed by atoms with van der Waals surface area (Å²) in [5.41, 5.74) is -5.22. The molecular formula is C14H16F3NO2S. The van der Waals surface area contributed by atoms with Gasteiger partial charge in [0.1, 0.15) is 0 Å². The molecule has 1 aromatic rings. The van der Waals surface area contributed by atoms with E-state index in [0.29, 0.717) is 11.8 Å². The summed E-state index contributed by atoms with van der Waals surface area (Å²) in [5, 5.41) is 3.04. The van der Waals surface area contributed by atoms with Gasteiger partial charge in [0.05, 0.1) is 10.6 Å². The fourth-order valence-corrected chi connectivity index (χ4v) is 4.49. The average molecular weight is 319 g/mol. The van der Waals surface area contributed by atoms with E-state index in [2.05, 4.69) is 5.32 Å². The Bertz CT molecular complexity index is 642. The first-order valence-electron chi connectivity index (χ1n) is 6.96. The predicted molar refractivity (Wildman–Crippen MR) is 72.5 cm³/mol. The van der Waals surface area contributed by atoms with Gasteiger partial charge >= 0.3 is 5.51 Å². The summed E-state index contributed by atoms with van der Waals surface area (Å²) in [7, 11) is -5.32. The zero-order chi connectivity index (χ0) is 15.3. The molecule has 3 atom stereocenters. The highest BCUT2D eigenvalue weighted by Crippen LogP contribution is 2.46. The van der Waals surface area contributed by atoms with Gasteiger partial charge in [0.25, 0.3) is 9.84 Å². The van der Waals surface area contributed by atoms with Crippen LogP contribution in [0.25, 0.3) is 0 Å². The number of hydrogen-bond donors (Lipinski definition) is 1. The zero-order valence-corrected chi connectivity index (χ0v) is 12.0. The van der Waals surface area contributed by atoms with Crippen LogP contribution >= 0.6 is 0 Å². The Kier molecular flexibility index (Phi) is 3.43. The fraction of sp³-hybridized carbons (Fsp3) is 0.571. The Morgan fingerprint density at radius 3 is 2.38 bits per heavy atom. The number of sulfone groups is 1. The number of hydrogen-bond acceptors (Lipinski definition) is 3. The van der Waals surface area contributed by atoms with E-state index in [-0.39, 0.29) is 11.7 Å². The molecule has 1 aromatic carbocycles. The van der Waals surface area contributed by atoms with Gasteiger partial charge in [-0.15, -0.1) is 0 Å². The Morgan fingerprint density at radius 2 is 1.81 bits per heavy atom. The van der Waals surface area contributed by atoms with Crippen molar-refractivity contribution in [3.63, 3.8) is 0 Å². The second-order valence-electron chi connectivity index (χ2n) is 5.87. The number of rotatable bonds is 3. The molecule has 116 valence electrons. The highest BCUT2D eigenvalue weighted by Gasteiger charge is 2.48. The van der Waals surface area contributed by atoms with Gasteiger partial charge < -0.3 is 5.32 Å². The lowest BCUT2D eigenvalue weighted by Crippen LogP contribution is -2.29. The molecule has 0 amide bonds. The van der Waals surface area contributed by atoms with Crippen molar-refractivity contribution < 1.29 is 21.6 Å². The summed E-state index contributed by atoms with van der Waals surface area (Å²) in [6.45, 7) is 0. The number of anilines is 1. The van der Waals surface area contributed by atoms with E-state index in [0.717, 1.165) is 25.3 Å². The first-order valence-corrected chi connectivity index (χ1v) is 8.44. The van der Waals surface area contributed by atoms with Crippen LogP contribution in [0.5, 0.6) is 0 Å². The van der Waals surface area contributed by atoms with E-state index in [4.69, 9.17) is 0 Å². The van der Waals surface area contributed by atoms with Crippen LogP contribution in [0.3, 0.4) is 0 Å². The quantitative estimate of drug-likeness (QED) is 0.926. The van der Waals surface area contributed by atoms with Crippen LogP contribution in [-0.4, -0.2) is 20.0 Å². The van der Waals surface area contributed by atoms with Crippen molar-refractivity contribution in [2.24, 2.45) is 11.8 Å². The van der Waals surface area contributed by atoms with Crippen molar-refractivity contribution in [2.45, 2.75) is 42.1 Å². The van der Waals surface area contributed by atoms with E-state index in [1.807, 2.05) is 0 Å². The Labute approximate surface area is 121 Å². The maximum Gasteiger partial charge on any atom is 0.501 e. The van der Waals surface area contributed by atoms with Gasteiger partial charge in [0.15, 0.2) is 0 Å². The third-order valence-corrected chi connectivity index (χ3v) is 6.10. The fourth-order valence-electron chi connectivity index (χ4n) is 3.57. The maximum absolute atomic E-state index is 12.7. The molecule has 2 aliphatic carbocycles. The van der Waals surface area contributed by atoms with E-state index in [1.54, 1.807) is 6.07 Å². The summed E-state index contributed by atoms with van der Waals surface area (Å²) in [4.78, 5) is -0.680. The third kappa shape index (κ3) is 2.52. The Hall–Kier alpha value is -1.24. The van der Waals surface area contributed by atoms with Crippen molar-refractivity contribution >= 4 is 15.5 Å². The average Bonchev–Trinajstić information content (AvgIpc) is 3.00. The van der Waals surface area contributed by atoms with Crippen molar-refractivity contribution in [1.82, 2.24) is 0 Å². The van der Waals surface area contributed by atoms with Crippen molar-refractivity contribution in [2.75, 3.05) is 5.32 Å². The molecule has 0 radical (unpaired) electrons. The first-order chi connectivity index (χ1) is 9.79. The Balaban J connectivity index is 1.90. The van der Waals surface area contributed by atoms with Crippen molar-refractivity contribution in [3.05, 3.63) is 24.3 Å². The minimum absolute atomic E-state index is 0.0624. The van der Waals surface area contributed by atoms with Gasteiger partial charge in [-0.2, -0.15) is 13.2 Å². The molecule has 3 nitrogen and oxygen atoms in total. The van der Waals surface area contributed by atoms with Crippen LogP contribution in [0.1, 0.15) is 25.7 Å². The standard InChI is InChI=1S/C14H16F3NO2S/c15-14(16,17)21(19,20)13-4-2-1-3-11(13)18-12-8-9-5-6-10(12)7-9/h1-4,9-10,12,18H,5-8H2. The lowest BCUT2D eigenvalue weighted by molar-refractivity contribution is -0.0435. The second-order valence-corrected chi connectivity index (χ2v) is 7.78. The summed E-state index contributed by atoms with van der Waals surface area (Å²) in [6, 6.07) is 5.35. The van der Waals surface area contributed by atoms with E-state index in [1.165, 1.54) is 18.6 Å². The summed E-state index contributed by atoms with van der Waals surface area (Å²) in [6.07, 6.45) is 4.23. The second kappa shape index (κ2) is 4.90. The van der Waals surface area contributed by atoms with Gasteiger partial charge in [0.2, 0.25) is 0 Å². The lowest BCUT2D eigenvalue weighted by atomic mass is 9.95. The molecule has 2 aliphatic rings. The topological polar surface area (TPSA) is 46.2 Å². The molecule has 3 unspecified atom stereocenters. The SMILES string of the molecule is O=S(=O)(c1ccccc1NC1CC2CCC1C2)C(F)(F)F. The van der Waals surface area contributed by atoms with Gasteiger partial charge in [-0.25, -0.2) is 8.42 Å². The van der Waals surface area contributed by atoms with Gasteiger partial charge in [-0.1, -0.05) is 18.6 Å². The largest absolute Gasteiger partial charge is 0.501 e. The molecule has 21 heavy (non-hydrogen) atoms. The number of alkyl halides is 3. The zero-order valence-electron chi connectivity index (χ0n) is 11.2. The molecule has 0 saturated heterocycles. The molecule has 0 aromatic heterocycles.